The van der Waals surface area contributed by atoms with Gasteiger partial charge in [-0.3, -0.25) is 9.69 Å². The third kappa shape index (κ3) is 7.33. The molecule has 0 spiro atoms. The van der Waals surface area contributed by atoms with Crippen LogP contribution in [0.3, 0.4) is 0 Å². The Hall–Kier alpha value is -2.33. The highest BCUT2D eigenvalue weighted by Gasteiger charge is 2.28. The third-order valence-corrected chi connectivity index (χ3v) is 7.38. The molecular formula is C30H44N2O2. The van der Waals surface area contributed by atoms with Gasteiger partial charge in [0.05, 0.1) is 12.8 Å². The van der Waals surface area contributed by atoms with Crippen LogP contribution in [0.15, 0.2) is 54.6 Å². The van der Waals surface area contributed by atoms with Gasteiger partial charge in [0.2, 0.25) is 0 Å². The van der Waals surface area contributed by atoms with Crippen LogP contribution in [0.1, 0.15) is 70.3 Å². The lowest BCUT2D eigenvalue weighted by Gasteiger charge is -2.37. The fraction of sp³-hybridized carbons (Fsp3) is 0.567. The Labute approximate surface area is 207 Å². The van der Waals surface area contributed by atoms with Crippen LogP contribution >= 0.6 is 0 Å². The number of ketones is 1. The second kappa shape index (κ2) is 14.2. The summed E-state index contributed by atoms with van der Waals surface area (Å²) >= 11 is 0. The van der Waals surface area contributed by atoms with Gasteiger partial charge in [0.15, 0.2) is 0 Å². The largest absolute Gasteiger partial charge is 0.495 e. The molecule has 0 bridgehead atoms. The van der Waals surface area contributed by atoms with E-state index in [0.717, 1.165) is 57.7 Å². The molecule has 0 saturated carbocycles. The summed E-state index contributed by atoms with van der Waals surface area (Å²) in [6.07, 6.45) is 7.82. The summed E-state index contributed by atoms with van der Waals surface area (Å²) in [6.45, 7) is 9.39. The van der Waals surface area contributed by atoms with Crippen molar-refractivity contribution in [3.63, 3.8) is 0 Å². The van der Waals surface area contributed by atoms with E-state index in [2.05, 4.69) is 60.0 Å². The quantitative estimate of drug-likeness (QED) is 0.297. The maximum Gasteiger partial charge on any atom is 0.143 e. The molecule has 3 rings (SSSR count). The van der Waals surface area contributed by atoms with Gasteiger partial charge < -0.3 is 9.64 Å². The lowest BCUT2D eigenvalue weighted by molar-refractivity contribution is -0.125. The van der Waals surface area contributed by atoms with E-state index >= 15 is 0 Å². The second-order valence-electron chi connectivity index (χ2n) is 9.61. The number of para-hydroxylation sites is 2. The van der Waals surface area contributed by atoms with E-state index in [4.69, 9.17) is 4.74 Å². The summed E-state index contributed by atoms with van der Waals surface area (Å²) in [6, 6.07) is 18.8. The molecule has 2 atom stereocenters. The predicted octanol–water partition coefficient (Wildman–Crippen LogP) is 6.56. The number of benzene rings is 2. The number of hydrogen-bond acceptors (Lipinski definition) is 4. The Morgan fingerprint density at radius 3 is 2.26 bits per heavy atom. The molecule has 0 amide bonds. The summed E-state index contributed by atoms with van der Waals surface area (Å²) in [5.41, 5.74) is 2.36. The highest BCUT2D eigenvalue weighted by molar-refractivity contribution is 5.87. The first-order chi connectivity index (χ1) is 16.7. The highest BCUT2D eigenvalue weighted by Crippen LogP contribution is 2.30. The van der Waals surface area contributed by atoms with Crippen LogP contribution in [0.25, 0.3) is 0 Å². The minimum absolute atomic E-state index is 0.00423. The lowest BCUT2D eigenvalue weighted by Crippen LogP contribution is -2.47. The van der Waals surface area contributed by atoms with Gasteiger partial charge in [-0.2, -0.15) is 0 Å². The molecule has 4 nitrogen and oxygen atoms in total. The van der Waals surface area contributed by atoms with Crippen LogP contribution in [0.4, 0.5) is 5.69 Å². The maximum atomic E-state index is 13.7. The van der Waals surface area contributed by atoms with Gasteiger partial charge in [-0.1, -0.05) is 82.0 Å². The summed E-state index contributed by atoms with van der Waals surface area (Å²) < 4.78 is 5.56. The molecular weight excluding hydrogens is 420 g/mol. The first-order valence-corrected chi connectivity index (χ1v) is 13.4. The number of unbranched alkanes of at least 4 members (excludes halogenated alkanes) is 3. The number of piperazine rings is 1. The van der Waals surface area contributed by atoms with Crippen LogP contribution in [0.5, 0.6) is 5.75 Å². The van der Waals surface area contributed by atoms with Gasteiger partial charge in [-0.05, 0) is 43.5 Å². The average Bonchev–Trinajstić information content (AvgIpc) is 2.89. The van der Waals surface area contributed by atoms with E-state index in [0.29, 0.717) is 5.78 Å². The molecule has 0 N–H and O–H groups in total. The zero-order valence-electron chi connectivity index (χ0n) is 21.5. The minimum Gasteiger partial charge on any atom is -0.495 e. The standard InChI is InChI=1S/C30H44N2O2/c1-4-6-7-9-14-25(5-2)30(33)27(26-15-10-8-11-16-26)19-20-31-21-23-32(24-22-31)28-17-12-13-18-29(28)34-3/h8,10-13,15-18,25,27H,4-7,9,14,19-24H2,1-3H3. The first kappa shape index (κ1) is 26.3. The van der Waals surface area contributed by atoms with Crippen molar-refractivity contribution in [3.05, 3.63) is 60.2 Å². The van der Waals surface area contributed by atoms with Gasteiger partial charge in [-0.15, -0.1) is 0 Å². The Balaban J connectivity index is 1.59. The molecule has 1 fully saturated rings. The number of methoxy groups -OCH3 is 1. The topological polar surface area (TPSA) is 32.8 Å². The van der Waals surface area contributed by atoms with Crippen molar-refractivity contribution in [2.24, 2.45) is 5.92 Å². The van der Waals surface area contributed by atoms with E-state index in [1.807, 2.05) is 18.2 Å². The Bertz CT molecular complexity index is 846. The Morgan fingerprint density at radius 2 is 1.59 bits per heavy atom. The molecule has 2 aromatic carbocycles. The second-order valence-corrected chi connectivity index (χ2v) is 9.61. The van der Waals surface area contributed by atoms with Gasteiger partial charge in [0, 0.05) is 38.0 Å². The monoisotopic (exact) mass is 464 g/mol. The Morgan fingerprint density at radius 1 is 0.882 bits per heavy atom. The maximum absolute atomic E-state index is 13.7. The average molecular weight is 465 g/mol. The molecule has 0 aromatic heterocycles. The highest BCUT2D eigenvalue weighted by atomic mass is 16.5. The predicted molar refractivity (Wildman–Crippen MR) is 143 cm³/mol. The molecule has 0 aliphatic carbocycles. The van der Waals surface area contributed by atoms with E-state index in [9.17, 15) is 4.79 Å². The zero-order valence-corrected chi connectivity index (χ0v) is 21.5. The van der Waals surface area contributed by atoms with Gasteiger partial charge in [0.25, 0.3) is 0 Å². The minimum atomic E-state index is 0.00423. The van der Waals surface area contributed by atoms with Crippen LogP contribution in [-0.4, -0.2) is 50.5 Å². The summed E-state index contributed by atoms with van der Waals surface area (Å²) in [7, 11) is 1.74. The number of anilines is 1. The van der Waals surface area contributed by atoms with Crippen molar-refractivity contribution >= 4 is 11.5 Å². The van der Waals surface area contributed by atoms with E-state index in [1.54, 1.807) is 7.11 Å². The van der Waals surface area contributed by atoms with Crippen molar-refractivity contribution in [2.75, 3.05) is 44.7 Å². The number of carbonyl (C=O) groups excluding carboxylic acids is 1. The lowest BCUT2D eigenvalue weighted by atomic mass is 9.81. The van der Waals surface area contributed by atoms with Crippen molar-refractivity contribution in [1.82, 2.24) is 4.90 Å². The number of nitrogens with zero attached hydrogens (tertiary/aromatic N) is 2. The van der Waals surface area contributed by atoms with Crippen LogP contribution in [-0.2, 0) is 4.79 Å². The molecule has 1 heterocycles. The molecule has 4 heteroatoms. The zero-order chi connectivity index (χ0) is 24.2. The number of hydrogen-bond donors (Lipinski definition) is 0. The molecule has 1 aliphatic heterocycles. The summed E-state index contributed by atoms with van der Waals surface area (Å²) in [5.74, 6) is 1.59. The summed E-state index contributed by atoms with van der Waals surface area (Å²) in [4.78, 5) is 18.6. The van der Waals surface area contributed by atoms with E-state index < -0.39 is 0 Å². The van der Waals surface area contributed by atoms with Crippen LogP contribution in [0.2, 0.25) is 0 Å². The van der Waals surface area contributed by atoms with Gasteiger partial charge in [0.1, 0.15) is 11.5 Å². The van der Waals surface area contributed by atoms with Crippen molar-refractivity contribution < 1.29 is 9.53 Å². The van der Waals surface area contributed by atoms with E-state index in [1.165, 1.54) is 36.9 Å². The van der Waals surface area contributed by atoms with Gasteiger partial charge >= 0.3 is 0 Å². The number of rotatable bonds is 14. The normalized spacial score (nSPS) is 16.3. The Kier molecular flexibility index (Phi) is 10.9. The van der Waals surface area contributed by atoms with E-state index in [-0.39, 0.29) is 11.8 Å². The molecule has 1 aliphatic rings. The molecule has 0 radical (unpaired) electrons. The number of carbonyl (C=O) groups is 1. The van der Waals surface area contributed by atoms with Crippen LogP contribution in [0, 0.1) is 5.92 Å². The number of Topliss-reactive ketones (excluding diaryl/α,β-unsaturated/α-hetero) is 1. The molecule has 34 heavy (non-hydrogen) atoms. The summed E-state index contributed by atoms with van der Waals surface area (Å²) in [5, 5.41) is 0. The smallest absolute Gasteiger partial charge is 0.143 e. The number of ether oxygens (including phenoxy) is 1. The molecule has 1 saturated heterocycles. The molecule has 186 valence electrons. The molecule has 2 unspecified atom stereocenters. The SMILES string of the molecule is CCCCCCC(CC)C(=O)C(CCN1CCN(c2ccccc2OC)CC1)c1ccccc1. The third-order valence-electron chi connectivity index (χ3n) is 7.38. The first-order valence-electron chi connectivity index (χ1n) is 13.4. The fourth-order valence-corrected chi connectivity index (χ4v) is 5.22. The van der Waals surface area contributed by atoms with Crippen molar-refractivity contribution in [2.45, 2.75) is 64.7 Å². The van der Waals surface area contributed by atoms with Crippen molar-refractivity contribution in [1.29, 1.82) is 0 Å². The van der Waals surface area contributed by atoms with Crippen LogP contribution < -0.4 is 9.64 Å². The van der Waals surface area contributed by atoms with Gasteiger partial charge in [-0.25, -0.2) is 0 Å². The van der Waals surface area contributed by atoms with Crippen molar-refractivity contribution in [3.8, 4) is 5.75 Å². The fourth-order valence-electron chi connectivity index (χ4n) is 5.22. The molecule has 2 aromatic rings.